The zero-order valence-corrected chi connectivity index (χ0v) is 9.85. The molecule has 1 amide bonds. The molecule has 0 aliphatic carbocycles. The number of benzene rings is 1. The number of amides is 1. The lowest BCUT2D eigenvalue weighted by atomic mass is 10.2. The number of nitrogens with zero attached hydrogens (tertiary/aromatic N) is 5. The molecule has 3 rings (SSSR count). The molecule has 0 bridgehead atoms. The molecule has 1 aliphatic rings. The Kier molecular flexibility index (Phi) is 2.70. The molecule has 1 N–H and O–H groups in total. The number of fused-ring (bicyclic) bond motifs is 1. The van der Waals surface area contributed by atoms with E-state index < -0.39 is 12.2 Å². The first-order chi connectivity index (χ1) is 9.28. The van der Waals surface area contributed by atoms with Crippen molar-refractivity contribution in [2.45, 2.75) is 6.10 Å². The fraction of sp³-hybridized carbons (Fsp3) is 0.273. The van der Waals surface area contributed by atoms with Crippen LogP contribution in [-0.4, -0.2) is 35.5 Å². The van der Waals surface area contributed by atoms with Gasteiger partial charge in [-0.05, 0) is 23.7 Å². The van der Waals surface area contributed by atoms with Crippen LogP contribution in [0.1, 0.15) is 0 Å². The Morgan fingerprint density at radius 3 is 3.37 bits per heavy atom. The predicted molar refractivity (Wildman–Crippen MR) is 67.7 cm³/mol. The normalized spacial score (nSPS) is 18.4. The van der Waals surface area contributed by atoms with Gasteiger partial charge in [0.15, 0.2) is 0 Å². The Hall–Kier alpha value is -2.73. The molecule has 0 radical (unpaired) electrons. The third-order valence-corrected chi connectivity index (χ3v) is 2.96. The molecule has 1 aliphatic heterocycles. The number of aromatic nitrogens is 2. The number of cyclic esters (lactones) is 1. The second kappa shape index (κ2) is 4.51. The highest BCUT2D eigenvalue weighted by Gasteiger charge is 2.31. The van der Waals surface area contributed by atoms with E-state index in [-0.39, 0.29) is 6.54 Å². The van der Waals surface area contributed by atoms with Gasteiger partial charge in [0.25, 0.3) is 0 Å². The molecule has 1 aromatic heterocycles. The van der Waals surface area contributed by atoms with E-state index in [1.165, 1.54) is 4.90 Å². The van der Waals surface area contributed by atoms with Gasteiger partial charge in [-0.3, -0.25) is 10.00 Å². The van der Waals surface area contributed by atoms with Crippen LogP contribution in [0, 0.1) is 0 Å². The number of carbonyl (C=O) groups is 1. The molecular weight excluding hydrogens is 248 g/mol. The summed E-state index contributed by atoms with van der Waals surface area (Å²) in [5.41, 5.74) is 9.91. The lowest BCUT2D eigenvalue weighted by Gasteiger charge is -2.12. The average molecular weight is 258 g/mol. The largest absolute Gasteiger partial charge is 0.444 e. The molecule has 0 spiro atoms. The van der Waals surface area contributed by atoms with Gasteiger partial charge in [0.05, 0.1) is 24.8 Å². The minimum absolute atomic E-state index is 0.146. The fourth-order valence-electron chi connectivity index (χ4n) is 2.05. The van der Waals surface area contributed by atoms with E-state index in [0.29, 0.717) is 6.54 Å². The maximum atomic E-state index is 11.8. The minimum atomic E-state index is -0.430. The van der Waals surface area contributed by atoms with Gasteiger partial charge < -0.3 is 4.74 Å². The molecular formula is C11H10N6O2. The molecule has 1 aromatic carbocycles. The molecule has 2 heterocycles. The number of azide groups is 1. The molecule has 2 aromatic rings. The maximum absolute atomic E-state index is 11.8. The van der Waals surface area contributed by atoms with Crippen molar-refractivity contribution in [3.8, 4) is 0 Å². The van der Waals surface area contributed by atoms with Crippen LogP contribution in [-0.2, 0) is 4.74 Å². The van der Waals surface area contributed by atoms with Crippen molar-refractivity contribution in [2.24, 2.45) is 5.11 Å². The standard InChI is InChI=1S/C11H10N6O2/c12-16-14-5-9-6-17(11(18)19-9)8-1-2-10-7(3-8)4-13-15-10/h1-4,9H,5-6H2,(H,13,15). The maximum Gasteiger partial charge on any atom is 0.414 e. The van der Waals surface area contributed by atoms with Crippen molar-refractivity contribution >= 4 is 22.7 Å². The van der Waals surface area contributed by atoms with Gasteiger partial charge in [-0.25, -0.2) is 4.79 Å². The van der Waals surface area contributed by atoms with Gasteiger partial charge in [-0.1, -0.05) is 5.11 Å². The van der Waals surface area contributed by atoms with Crippen LogP contribution in [0.5, 0.6) is 0 Å². The van der Waals surface area contributed by atoms with Crippen molar-refractivity contribution in [2.75, 3.05) is 18.0 Å². The SMILES string of the molecule is [N-]=[N+]=NCC1CN(c2ccc3[nH]ncc3c2)C(=O)O1. The summed E-state index contributed by atoms with van der Waals surface area (Å²) < 4.78 is 5.12. The highest BCUT2D eigenvalue weighted by Crippen LogP contribution is 2.25. The Morgan fingerprint density at radius 1 is 1.63 bits per heavy atom. The van der Waals surface area contributed by atoms with Gasteiger partial charge in [-0.2, -0.15) is 5.10 Å². The van der Waals surface area contributed by atoms with E-state index in [0.717, 1.165) is 16.6 Å². The lowest BCUT2D eigenvalue weighted by molar-refractivity contribution is 0.145. The number of nitrogens with one attached hydrogen (secondary N) is 1. The Morgan fingerprint density at radius 2 is 2.53 bits per heavy atom. The highest BCUT2D eigenvalue weighted by atomic mass is 16.6. The quantitative estimate of drug-likeness (QED) is 0.518. The van der Waals surface area contributed by atoms with Crippen LogP contribution in [0.3, 0.4) is 0 Å². The van der Waals surface area contributed by atoms with E-state index >= 15 is 0 Å². The summed E-state index contributed by atoms with van der Waals surface area (Å²) in [7, 11) is 0. The summed E-state index contributed by atoms with van der Waals surface area (Å²) >= 11 is 0. The van der Waals surface area contributed by atoms with E-state index in [4.69, 9.17) is 10.3 Å². The molecule has 1 fully saturated rings. The van der Waals surface area contributed by atoms with Crippen LogP contribution < -0.4 is 4.90 Å². The molecule has 19 heavy (non-hydrogen) atoms. The molecule has 8 heteroatoms. The summed E-state index contributed by atoms with van der Waals surface area (Å²) in [6, 6.07) is 5.53. The topological polar surface area (TPSA) is 107 Å². The van der Waals surface area contributed by atoms with Gasteiger partial charge in [-0.15, -0.1) is 0 Å². The molecule has 96 valence electrons. The minimum Gasteiger partial charge on any atom is -0.444 e. The first kappa shape index (κ1) is 11.4. The van der Waals surface area contributed by atoms with E-state index in [9.17, 15) is 4.79 Å². The summed E-state index contributed by atoms with van der Waals surface area (Å²) in [6.07, 6.45) is 0.863. The molecule has 1 atom stereocenters. The third-order valence-electron chi connectivity index (χ3n) is 2.96. The zero-order chi connectivity index (χ0) is 13.2. The number of hydrogen-bond donors (Lipinski definition) is 1. The van der Waals surface area contributed by atoms with E-state index in [1.807, 2.05) is 18.2 Å². The monoisotopic (exact) mass is 258 g/mol. The van der Waals surface area contributed by atoms with Crippen molar-refractivity contribution in [3.05, 3.63) is 34.8 Å². The number of hydrogen-bond acceptors (Lipinski definition) is 4. The van der Waals surface area contributed by atoms with Crippen LogP contribution in [0.15, 0.2) is 29.5 Å². The number of H-pyrrole nitrogens is 1. The zero-order valence-electron chi connectivity index (χ0n) is 9.85. The van der Waals surface area contributed by atoms with Gasteiger partial charge in [0.2, 0.25) is 0 Å². The van der Waals surface area contributed by atoms with Crippen molar-refractivity contribution in [1.82, 2.24) is 10.2 Å². The summed E-state index contributed by atoms with van der Waals surface area (Å²) in [5.74, 6) is 0. The molecule has 1 saturated heterocycles. The smallest absolute Gasteiger partial charge is 0.414 e. The van der Waals surface area contributed by atoms with Crippen LogP contribution >= 0.6 is 0 Å². The van der Waals surface area contributed by atoms with Gasteiger partial charge in [0, 0.05) is 16.0 Å². The van der Waals surface area contributed by atoms with Gasteiger partial charge >= 0.3 is 6.09 Å². The van der Waals surface area contributed by atoms with Crippen LogP contribution in [0.2, 0.25) is 0 Å². The van der Waals surface area contributed by atoms with Gasteiger partial charge in [0.1, 0.15) is 6.10 Å². The highest BCUT2D eigenvalue weighted by molar-refractivity contribution is 5.93. The predicted octanol–water partition coefficient (Wildman–Crippen LogP) is 2.20. The summed E-state index contributed by atoms with van der Waals surface area (Å²) in [6.45, 7) is 0.522. The second-order valence-corrected chi connectivity index (χ2v) is 4.17. The number of aromatic amines is 1. The van der Waals surface area contributed by atoms with Crippen LogP contribution in [0.4, 0.5) is 10.5 Å². The first-order valence-corrected chi connectivity index (χ1v) is 5.70. The number of anilines is 1. The molecule has 0 saturated carbocycles. The third kappa shape index (κ3) is 2.04. The summed E-state index contributed by atoms with van der Waals surface area (Å²) in [4.78, 5) is 15.9. The van der Waals surface area contributed by atoms with E-state index in [1.54, 1.807) is 6.20 Å². The van der Waals surface area contributed by atoms with Crippen molar-refractivity contribution in [3.63, 3.8) is 0 Å². The van der Waals surface area contributed by atoms with E-state index in [2.05, 4.69) is 20.2 Å². The second-order valence-electron chi connectivity index (χ2n) is 4.17. The van der Waals surface area contributed by atoms with Crippen LogP contribution in [0.25, 0.3) is 21.3 Å². The lowest BCUT2D eigenvalue weighted by Crippen LogP contribution is -2.24. The Balaban J connectivity index is 1.85. The fourth-order valence-corrected chi connectivity index (χ4v) is 2.05. The Bertz CT molecular complexity index is 675. The Labute approximate surface area is 107 Å². The molecule has 1 unspecified atom stereocenters. The molecule has 8 nitrogen and oxygen atoms in total. The number of ether oxygens (including phenoxy) is 1. The first-order valence-electron chi connectivity index (χ1n) is 5.70. The number of carbonyl (C=O) groups excluding carboxylic acids is 1. The van der Waals surface area contributed by atoms with Crippen molar-refractivity contribution in [1.29, 1.82) is 0 Å². The number of rotatable bonds is 3. The van der Waals surface area contributed by atoms with Crippen molar-refractivity contribution < 1.29 is 9.53 Å². The average Bonchev–Trinajstić information content (AvgIpc) is 3.01. The summed E-state index contributed by atoms with van der Waals surface area (Å²) in [5, 5.41) is 11.1.